The number of pyridine rings is 1. The average molecular weight is 334 g/mol. The van der Waals surface area contributed by atoms with Gasteiger partial charge in [0.2, 0.25) is 0 Å². The molecule has 0 radical (unpaired) electrons. The van der Waals surface area contributed by atoms with Crippen LogP contribution in [0, 0.1) is 0 Å². The molecular weight excluding hydrogens is 308 g/mol. The fourth-order valence-electron chi connectivity index (χ4n) is 4.32. The molecule has 1 fully saturated rings. The van der Waals surface area contributed by atoms with E-state index in [2.05, 4.69) is 34.1 Å². The Balaban J connectivity index is 1.64. The first kappa shape index (κ1) is 16.3. The van der Waals surface area contributed by atoms with Crippen molar-refractivity contribution in [2.24, 2.45) is 0 Å². The van der Waals surface area contributed by atoms with Gasteiger partial charge in [0.05, 0.1) is 6.04 Å². The maximum absolute atomic E-state index is 13.3. The predicted molar refractivity (Wildman–Crippen MR) is 99.6 cm³/mol. The van der Waals surface area contributed by atoms with Gasteiger partial charge in [0.25, 0.3) is 5.91 Å². The molecule has 4 rings (SSSR count). The molecule has 0 spiro atoms. The van der Waals surface area contributed by atoms with E-state index in [-0.39, 0.29) is 11.9 Å². The molecule has 3 nitrogen and oxygen atoms in total. The van der Waals surface area contributed by atoms with Gasteiger partial charge in [-0.1, -0.05) is 18.9 Å². The van der Waals surface area contributed by atoms with E-state index in [9.17, 15) is 4.79 Å². The second kappa shape index (κ2) is 7.38. The fourth-order valence-corrected chi connectivity index (χ4v) is 4.32. The van der Waals surface area contributed by atoms with Crippen molar-refractivity contribution in [2.45, 2.75) is 57.4 Å². The predicted octanol–water partition coefficient (Wildman–Crippen LogP) is 4.72. The Morgan fingerprint density at radius 3 is 2.56 bits per heavy atom. The molecular formula is C22H26N2O. The molecule has 1 amide bonds. The second-order valence-corrected chi connectivity index (χ2v) is 7.33. The Hall–Kier alpha value is -2.16. The molecule has 1 aliphatic carbocycles. The van der Waals surface area contributed by atoms with Gasteiger partial charge in [-0.3, -0.25) is 9.78 Å². The zero-order valence-electron chi connectivity index (χ0n) is 14.8. The highest BCUT2D eigenvalue weighted by atomic mass is 16.2. The highest BCUT2D eigenvalue weighted by Gasteiger charge is 2.28. The van der Waals surface area contributed by atoms with E-state index in [1.54, 1.807) is 0 Å². The zero-order chi connectivity index (χ0) is 17.1. The number of amides is 1. The number of benzene rings is 1. The molecule has 2 aliphatic rings. The number of carbonyl (C=O) groups is 1. The molecule has 2 aromatic rings. The molecule has 1 aliphatic heterocycles. The van der Waals surface area contributed by atoms with Crippen LogP contribution in [0.1, 0.15) is 71.6 Å². The lowest BCUT2D eigenvalue weighted by Crippen LogP contribution is -2.35. The van der Waals surface area contributed by atoms with Crippen LogP contribution in [0.2, 0.25) is 0 Å². The maximum atomic E-state index is 13.3. The Kier molecular flexibility index (Phi) is 4.82. The Labute approximate surface area is 150 Å². The van der Waals surface area contributed by atoms with Crippen LogP contribution in [-0.2, 0) is 12.8 Å². The molecule has 0 N–H and O–H groups in total. The van der Waals surface area contributed by atoms with E-state index in [4.69, 9.17) is 0 Å². The summed E-state index contributed by atoms with van der Waals surface area (Å²) in [5.74, 6) is 0.192. The summed E-state index contributed by atoms with van der Waals surface area (Å²) in [5.41, 5.74) is 4.89. The maximum Gasteiger partial charge on any atom is 0.254 e. The first-order valence-corrected chi connectivity index (χ1v) is 9.65. The van der Waals surface area contributed by atoms with E-state index in [1.807, 2.05) is 18.5 Å². The van der Waals surface area contributed by atoms with Crippen molar-refractivity contribution in [1.29, 1.82) is 0 Å². The van der Waals surface area contributed by atoms with Gasteiger partial charge in [0.1, 0.15) is 0 Å². The molecule has 0 bridgehead atoms. The van der Waals surface area contributed by atoms with Crippen LogP contribution in [0.4, 0.5) is 0 Å². The summed E-state index contributed by atoms with van der Waals surface area (Å²) in [6.07, 6.45) is 13.0. The molecule has 1 atom stereocenters. The van der Waals surface area contributed by atoms with Crippen LogP contribution in [0.3, 0.4) is 0 Å². The van der Waals surface area contributed by atoms with Crippen LogP contribution in [0.5, 0.6) is 0 Å². The largest absolute Gasteiger partial charge is 0.332 e. The third kappa shape index (κ3) is 3.46. The van der Waals surface area contributed by atoms with Crippen molar-refractivity contribution in [3.63, 3.8) is 0 Å². The van der Waals surface area contributed by atoms with Crippen molar-refractivity contribution < 1.29 is 4.79 Å². The van der Waals surface area contributed by atoms with Crippen molar-refractivity contribution in [2.75, 3.05) is 6.54 Å². The van der Waals surface area contributed by atoms with Gasteiger partial charge in [0, 0.05) is 24.5 Å². The SMILES string of the molecule is O=C(c1ccc2c(c1)CCCC2)N1CCCCCC1c1ccncc1. The minimum absolute atomic E-state index is 0.175. The lowest BCUT2D eigenvalue weighted by Gasteiger charge is -2.31. The minimum Gasteiger partial charge on any atom is -0.332 e. The second-order valence-electron chi connectivity index (χ2n) is 7.33. The van der Waals surface area contributed by atoms with Crippen molar-refractivity contribution in [3.05, 3.63) is 65.0 Å². The van der Waals surface area contributed by atoms with Crippen molar-refractivity contribution in [1.82, 2.24) is 9.88 Å². The van der Waals surface area contributed by atoms with Gasteiger partial charge in [0.15, 0.2) is 0 Å². The van der Waals surface area contributed by atoms with Gasteiger partial charge in [-0.2, -0.15) is 0 Å². The first-order chi connectivity index (χ1) is 12.3. The van der Waals surface area contributed by atoms with Crippen molar-refractivity contribution in [3.8, 4) is 0 Å². The number of aryl methyl sites for hydroxylation is 2. The van der Waals surface area contributed by atoms with Crippen LogP contribution in [0.25, 0.3) is 0 Å². The highest BCUT2D eigenvalue weighted by Crippen LogP contribution is 2.32. The van der Waals surface area contributed by atoms with Crippen LogP contribution < -0.4 is 0 Å². The normalized spacial score (nSPS) is 20.6. The lowest BCUT2D eigenvalue weighted by molar-refractivity contribution is 0.0680. The lowest BCUT2D eigenvalue weighted by atomic mass is 9.90. The number of likely N-dealkylation sites (tertiary alicyclic amines) is 1. The molecule has 1 aromatic heterocycles. The highest BCUT2D eigenvalue weighted by molar-refractivity contribution is 5.94. The molecule has 130 valence electrons. The number of rotatable bonds is 2. The molecule has 3 heteroatoms. The summed E-state index contributed by atoms with van der Waals surface area (Å²) < 4.78 is 0. The Morgan fingerprint density at radius 2 is 1.72 bits per heavy atom. The van der Waals surface area contributed by atoms with Gasteiger partial charge >= 0.3 is 0 Å². The summed E-state index contributed by atoms with van der Waals surface area (Å²) in [4.78, 5) is 19.6. The Morgan fingerprint density at radius 1 is 0.920 bits per heavy atom. The summed E-state index contributed by atoms with van der Waals surface area (Å²) in [5, 5.41) is 0. The summed E-state index contributed by atoms with van der Waals surface area (Å²) in [7, 11) is 0. The molecule has 1 unspecified atom stereocenters. The van der Waals surface area contributed by atoms with E-state index in [0.29, 0.717) is 0 Å². The average Bonchev–Trinajstić information content (AvgIpc) is 2.94. The standard InChI is InChI=1S/C22H26N2O/c25-22(20-10-9-17-6-3-4-7-19(17)16-20)24-15-5-1-2-8-21(24)18-11-13-23-14-12-18/h9-14,16,21H,1-8,15H2. The van der Waals surface area contributed by atoms with Crippen LogP contribution >= 0.6 is 0 Å². The van der Waals surface area contributed by atoms with E-state index < -0.39 is 0 Å². The third-order valence-electron chi connectivity index (χ3n) is 5.70. The number of fused-ring (bicyclic) bond motifs is 1. The van der Waals surface area contributed by atoms with Crippen LogP contribution in [-0.4, -0.2) is 22.3 Å². The summed E-state index contributed by atoms with van der Waals surface area (Å²) in [6.45, 7) is 0.850. The number of nitrogens with zero attached hydrogens (tertiary/aromatic N) is 2. The van der Waals surface area contributed by atoms with Gasteiger partial charge in [-0.25, -0.2) is 0 Å². The number of aromatic nitrogens is 1. The summed E-state index contributed by atoms with van der Waals surface area (Å²) in [6, 6.07) is 10.7. The van der Waals surface area contributed by atoms with Gasteiger partial charge in [-0.05, 0) is 79.5 Å². The zero-order valence-corrected chi connectivity index (χ0v) is 14.8. The van der Waals surface area contributed by atoms with E-state index >= 15 is 0 Å². The minimum atomic E-state index is 0.175. The van der Waals surface area contributed by atoms with Crippen molar-refractivity contribution >= 4 is 5.91 Å². The smallest absolute Gasteiger partial charge is 0.254 e. The van der Waals surface area contributed by atoms with Crippen LogP contribution in [0.15, 0.2) is 42.7 Å². The van der Waals surface area contributed by atoms with E-state index in [1.165, 1.54) is 42.4 Å². The fraction of sp³-hybridized carbons (Fsp3) is 0.455. The quantitative estimate of drug-likeness (QED) is 0.796. The number of hydrogen-bond acceptors (Lipinski definition) is 2. The third-order valence-corrected chi connectivity index (χ3v) is 5.70. The molecule has 2 heterocycles. The number of carbonyl (C=O) groups excluding carboxylic acids is 1. The topological polar surface area (TPSA) is 33.2 Å². The van der Waals surface area contributed by atoms with Gasteiger partial charge in [-0.15, -0.1) is 0 Å². The first-order valence-electron chi connectivity index (χ1n) is 9.65. The number of hydrogen-bond donors (Lipinski definition) is 0. The molecule has 0 saturated carbocycles. The van der Waals surface area contributed by atoms with Gasteiger partial charge < -0.3 is 4.90 Å². The molecule has 25 heavy (non-hydrogen) atoms. The Bertz CT molecular complexity index is 741. The van der Waals surface area contributed by atoms with E-state index in [0.717, 1.165) is 37.8 Å². The molecule has 1 aromatic carbocycles. The monoisotopic (exact) mass is 334 g/mol. The summed E-state index contributed by atoms with van der Waals surface area (Å²) >= 11 is 0. The molecule has 1 saturated heterocycles.